The van der Waals surface area contributed by atoms with Crippen molar-refractivity contribution in [3.8, 4) is 5.88 Å². The average molecular weight is 289 g/mol. The Morgan fingerprint density at radius 3 is 2.90 bits per heavy atom. The summed E-state index contributed by atoms with van der Waals surface area (Å²) in [6, 6.07) is 0. The maximum absolute atomic E-state index is 6.25. The maximum atomic E-state index is 6.25. The number of anilines is 1. The molecule has 1 fully saturated rings. The molecule has 1 aliphatic rings. The predicted octanol–water partition coefficient (Wildman–Crippen LogP) is 2.77. The van der Waals surface area contributed by atoms with Crippen LogP contribution in [0, 0.1) is 17.8 Å². The molecule has 114 valence electrons. The minimum atomic E-state index is 0.176. The molecular weight excluding hydrogens is 266 g/mol. The molecule has 21 heavy (non-hydrogen) atoms. The first kappa shape index (κ1) is 14.1. The van der Waals surface area contributed by atoms with Gasteiger partial charge in [-0.15, -0.1) is 0 Å². The normalized spacial score (nSPS) is 26.4. The van der Waals surface area contributed by atoms with Crippen molar-refractivity contribution in [1.29, 1.82) is 0 Å². The van der Waals surface area contributed by atoms with E-state index in [9.17, 15) is 0 Å². The lowest BCUT2D eigenvalue weighted by Crippen LogP contribution is -2.36. The Bertz CT molecular complexity index is 624. The van der Waals surface area contributed by atoms with Crippen molar-refractivity contribution in [2.75, 3.05) is 5.73 Å². The summed E-state index contributed by atoms with van der Waals surface area (Å²) in [5, 5.41) is 0. The van der Waals surface area contributed by atoms with Crippen LogP contribution >= 0.6 is 0 Å². The molecule has 2 aromatic heterocycles. The molecule has 3 atom stereocenters. The summed E-state index contributed by atoms with van der Waals surface area (Å²) in [4.78, 5) is 15.5. The monoisotopic (exact) mass is 289 g/mol. The molecule has 0 radical (unpaired) electrons. The Labute approximate surface area is 124 Å². The van der Waals surface area contributed by atoms with Gasteiger partial charge in [0.15, 0.2) is 5.65 Å². The van der Waals surface area contributed by atoms with Crippen molar-refractivity contribution in [3.63, 3.8) is 0 Å². The quantitative estimate of drug-likeness (QED) is 0.906. The lowest BCUT2D eigenvalue weighted by atomic mass is 9.75. The van der Waals surface area contributed by atoms with Gasteiger partial charge in [-0.3, -0.25) is 0 Å². The van der Waals surface area contributed by atoms with E-state index >= 15 is 0 Å². The topological polar surface area (TPSA) is 89.7 Å². The van der Waals surface area contributed by atoms with Crippen LogP contribution in [0.5, 0.6) is 5.88 Å². The molecular formula is C15H23N5O. The first-order valence-electron chi connectivity index (χ1n) is 7.68. The zero-order valence-corrected chi connectivity index (χ0v) is 12.8. The van der Waals surface area contributed by atoms with Crippen molar-refractivity contribution in [3.05, 3.63) is 6.33 Å². The molecule has 3 rings (SSSR count). The molecule has 2 aromatic rings. The van der Waals surface area contributed by atoms with Gasteiger partial charge in [0.05, 0.1) is 6.33 Å². The molecule has 3 unspecified atom stereocenters. The fourth-order valence-corrected chi connectivity index (χ4v) is 3.30. The summed E-state index contributed by atoms with van der Waals surface area (Å²) in [5.74, 6) is 2.56. The van der Waals surface area contributed by atoms with E-state index in [0.717, 1.165) is 11.9 Å². The molecule has 0 saturated heterocycles. The summed E-state index contributed by atoms with van der Waals surface area (Å²) in [6.07, 6.45) is 5.30. The largest absolute Gasteiger partial charge is 0.472 e. The maximum Gasteiger partial charge on any atom is 0.245 e. The van der Waals surface area contributed by atoms with E-state index in [4.69, 9.17) is 10.5 Å². The first-order chi connectivity index (χ1) is 10.0. The number of hydrogen-bond acceptors (Lipinski definition) is 5. The van der Waals surface area contributed by atoms with E-state index in [2.05, 4.69) is 40.7 Å². The van der Waals surface area contributed by atoms with Crippen LogP contribution in [0.4, 0.5) is 5.95 Å². The number of aromatic nitrogens is 4. The number of fused-ring (bicyclic) bond motifs is 1. The SMILES string of the molecule is CC1CCC(C(C)C)C(Oc2nc(N)nc3nc[nH]c23)C1. The second kappa shape index (κ2) is 5.50. The molecule has 1 aliphatic carbocycles. The Morgan fingerprint density at radius 2 is 2.14 bits per heavy atom. The molecule has 0 aliphatic heterocycles. The van der Waals surface area contributed by atoms with Crippen LogP contribution in [0.3, 0.4) is 0 Å². The number of nitrogens with zero attached hydrogens (tertiary/aromatic N) is 3. The molecule has 2 heterocycles. The number of nitrogens with one attached hydrogen (secondary N) is 1. The molecule has 6 heteroatoms. The highest BCUT2D eigenvalue weighted by Gasteiger charge is 2.33. The van der Waals surface area contributed by atoms with Crippen molar-refractivity contribution >= 4 is 17.1 Å². The molecule has 0 bridgehead atoms. The fraction of sp³-hybridized carbons (Fsp3) is 0.667. The number of nitrogen functional groups attached to an aromatic ring is 1. The van der Waals surface area contributed by atoms with E-state index in [0.29, 0.717) is 29.3 Å². The Hall–Kier alpha value is -1.85. The third-order valence-electron chi connectivity index (χ3n) is 4.49. The predicted molar refractivity (Wildman–Crippen MR) is 81.9 cm³/mol. The van der Waals surface area contributed by atoms with E-state index < -0.39 is 0 Å². The highest BCUT2D eigenvalue weighted by atomic mass is 16.5. The Balaban J connectivity index is 1.90. The van der Waals surface area contributed by atoms with Crippen molar-refractivity contribution in [1.82, 2.24) is 19.9 Å². The number of rotatable bonds is 3. The molecule has 3 N–H and O–H groups in total. The van der Waals surface area contributed by atoms with Crippen LogP contribution in [-0.4, -0.2) is 26.0 Å². The van der Waals surface area contributed by atoms with Crippen LogP contribution in [-0.2, 0) is 0 Å². The van der Waals surface area contributed by atoms with Gasteiger partial charge in [0.25, 0.3) is 0 Å². The summed E-state index contributed by atoms with van der Waals surface area (Å²) >= 11 is 0. The minimum Gasteiger partial charge on any atom is -0.472 e. The third kappa shape index (κ3) is 2.80. The van der Waals surface area contributed by atoms with E-state index in [-0.39, 0.29) is 12.1 Å². The lowest BCUT2D eigenvalue weighted by Gasteiger charge is -2.37. The number of ether oxygens (including phenoxy) is 1. The molecule has 0 spiro atoms. The van der Waals surface area contributed by atoms with Crippen molar-refractivity contribution in [2.24, 2.45) is 17.8 Å². The fourth-order valence-electron chi connectivity index (χ4n) is 3.30. The number of H-pyrrole nitrogens is 1. The van der Waals surface area contributed by atoms with Gasteiger partial charge in [-0.25, -0.2) is 4.98 Å². The second-order valence-electron chi connectivity index (χ2n) is 6.47. The molecule has 0 aromatic carbocycles. The minimum absolute atomic E-state index is 0.176. The summed E-state index contributed by atoms with van der Waals surface area (Å²) in [5.41, 5.74) is 7.04. The van der Waals surface area contributed by atoms with Crippen LogP contribution in [0.25, 0.3) is 11.2 Å². The second-order valence-corrected chi connectivity index (χ2v) is 6.47. The highest BCUT2D eigenvalue weighted by Crippen LogP contribution is 2.36. The van der Waals surface area contributed by atoms with Gasteiger partial charge in [0.1, 0.15) is 11.6 Å². The summed E-state index contributed by atoms with van der Waals surface area (Å²) in [7, 11) is 0. The van der Waals surface area contributed by atoms with Gasteiger partial charge >= 0.3 is 0 Å². The standard InChI is InChI=1S/C15H23N5O/c1-8(2)10-5-4-9(3)6-11(10)21-14-12-13(18-7-17-12)19-15(16)20-14/h7-11H,4-6H2,1-3H3,(H3,16,17,18,19,20). The number of hydrogen-bond donors (Lipinski definition) is 2. The molecule has 1 saturated carbocycles. The molecule has 0 amide bonds. The molecule has 6 nitrogen and oxygen atoms in total. The van der Waals surface area contributed by atoms with Gasteiger partial charge in [0, 0.05) is 0 Å². The zero-order valence-electron chi connectivity index (χ0n) is 12.8. The zero-order chi connectivity index (χ0) is 15.0. The van der Waals surface area contributed by atoms with Crippen molar-refractivity contribution in [2.45, 2.75) is 46.1 Å². The smallest absolute Gasteiger partial charge is 0.245 e. The Morgan fingerprint density at radius 1 is 1.33 bits per heavy atom. The van der Waals surface area contributed by atoms with Crippen molar-refractivity contribution < 1.29 is 4.74 Å². The third-order valence-corrected chi connectivity index (χ3v) is 4.49. The summed E-state index contributed by atoms with van der Waals surface area (Å²) < 4.78 is 6.25. The number of aromatic amines is 1. The van der Waals surface area contributed by atoms with Crippen LogP contribution in [0.2, 0.25) is 0 Å². The van der Waals surface area contributed by atoms with Crippen LogP contribution < -0.4 is 10.5 Å². The lowest BCUT2D eigenvalue weighted by molar-refractivity contribution is 0.0438. The van der Waals surface area contributed by atoms with Crippen LogP contribution in [0.1, 0.15) is 40.0 Å². The number of imidazole rings is 1. The van der Waals surface area contributed by atoms with Gasteiger partial charge in [-0.1, -0.05) is 27.2 Å². The van der Waals surface area contributed by atoms with Crippen LogP contribution in [0.15, 0.2) is 6.33 Å². The Kier molecular flexibility index (Phi) is 3.69. The summed E-state index contributed by atoms with van der Waals surface area (Å²) in [6.45, 7) is 6.81. The van der Waals surface area contributed by atoms with E-state index in [1.807, 2.05) is 0 Å². The van der Waals surface area contributed by atoms with E-state index in [1.165, 1.54) is 12.8 Å². The van der Waals surface area contributed by atoms with Gasteiger partial charge in [-0.05, 0) is 30.6 Å². The number of nitrogens with two attached hydrogens (primary N) is 1. The van der Waals surface area contributed by atoms with Gasteiger partial charge < -0.3 is 15.5 Å². The van der Waals surface area contributed by atoms with Gasteiger partial charge in [-0.2, -0.15) is 9.97 Å². The highest BCUT2D eigenvalue weighted by molar-refractivity contribution is 5.76. The first-order valence-corrected chi connectivity index (χ1v) is 7.68. The van der Waals surface area contributed by atoms with Gasteiger partial charge in [0.2, 0.25) is 11.8 Å². The van der Waals surface area contributed by atoms with E-state index in [1.54, 1.807) is 6.33 Å². The average Bonchev–Trinajstić information content (AvgIpc) is 2.86.